The van der Waals surface area contributed by atoms with Crippen LogP contribution in [-0.4, -0.2) is 31.1 Å². The number of hydrogen-bond acceptors (Lipinski definition) is 2. The van der Waals surface area contributed by atoms with Gasteiger partial charge in [-0.25, -0.2) is 0 Å². The van der Waals surface area contributed by atoms with E-state index in [1.807, 2.05) is 0 Å². The number of nitrogens with one attached hydrogen (secondary N) is 1. The Balaban J connectivity index is 1.78. The lowest BCUT2D eigenvalue weighted by molar-refractivity contribution is 0.0939. The van der Waals surface area contributed by atoms with Gasteiger partial charge in [0.15, 0.2) is 0 Å². The Bertz CT molecular complexity index is 854. The summed E-state index contributed by atoms with van der Waals surface area (Å²) in [4.78, 5) is 2.80. The van der Waals surface area contributed by atoms with Gasteiger partial charge < -0.3 is 5.32 Å². The summed E-state index contributed by atoms with van der Waals surface area (Å²) in [5.74, 6) is 1.36. The van der Waals surface area contributed by atoms with Crippen molar-refractivity contribution < 1.29 is 0 Å². The van der Waals surface area contributed by atoms with Gasteiger partial charge in [0.1, 0.15) is 0 Å². The van der Waals surface area contributed by atoms with Crippen LogP contribution in [-0.2, 0) is 0 Å². The molecule has 3 fully saturated rings. The zero-order valence-corrected chi connectivity index (χ0v) is 25.4. The monoisotopic (exact) mass is 494 g/mol. The van der Waals surface area contributed by atoms with E-state index in [4.69, 9.17) is 0 Å². The molecule has 2 aliphatic carbocycles. The molecule has 0 bridgehead atoms. The third-order valence-electron chi connectivity index (χ3n) is 9.65. The molecular weight excluding hydrogens is 436 g/mol. The first-order valence-corrected chi connectivity index (χ1v) is 15.3. The molecule has 0 amide bonds. The molecule has 1 N–H and O–H groups in total. The van der Waals surface area contributed by atoms with Gasteiger partial charge in [-0.15, -0.1) is 0 Å². The highest BCUT2D eigenvalue weighted by atomic mass is 15.2. The standard InChI is InChI=1S/C34H58N2/c1-10-11-30(36-16-14-35-15-17-36)28-13-12-25(26-19-31(2,3)23-32(4,5)20-26)18-29(28)27-21-33(6,7)24-34(8,9)22-27/h12-13,18,26-27,30,35H,10-11,14-17,19-24H2,1-9H3. The Hall–Kier alpha value is -0.860. The van der Waals surface area contributed by atoms with Crippen LogP contribution in [0.1, 0.15) is 148 Å². The highest BCUT2D eigenvalue weighted by Crippen LogP contribution is 2.55. The molecule has 1 saturated heterocycles. The number of hydrogen-bond donors (Lipinski definition) is 1. The molecule has 36 heavy (non-hydrogen) atoms. The Morgan fingerprint density at radius 1 is 0.778 bits per heavy atom. The topological polar surface area (TPSA) is 15.3 Å². The summed E-state index contributed by atoms with van der Waals surface area (Å²) >= 11 is 0. The van der Waals surface area contributed by atoms with E-state index in [-0.39, 0.29) is 0 Å². The number of rotatable bonds is 6. The Morgan fingerprint density at radius 2 is 1.28 bits per heavy atom. The first-order valence-electron chi connectivity index (χ1n) is 15.3. The van der Waals surface area contributed by atoms with Crippen LogP contribution >= 0.6 is 0 Å². The highest BCUT2D eigenvalue weighted by molar-refractivity contribution is 5.40. The first-order chi connectivity index (χ1) is 16.7. The van der Waals surface area contributed by atoms with Crippen molar-refractivity contribution in [2.24, 2.45) is 21.7 Å². The van der Waals surface area contributed by atoms with Crippen molar-refractivity contribution in [3.8, 4) is 0 Å². The predicted octanol–water partition coefficient (Wildman–Crippen LogP) is 9.07. The van der Waals surface area contributed by atoms with Gasteiger partial charge in [-0.1, -0.05) is 86.9 Å². The second kappa shape index (κ2) is 10.4. The summed E-state index contributed by atoms with van der Waals surface area (Å²) in [5, 5.41) is 3.59. The minimum absolute atomic E-state index is 0.407. The van der Waals surface area contributed by atoms with E-state index in [0.29, 0.717) is 39.5 Å². The molecule has 1 aliphatic heterocycles. The molecule has 1 atom stereocenters. The van der Waals surface area contributed by atoms with Crippen LogP contribution in [0.25, 0.3) is 0 Å². The average molecular weight is 495 g/mol. The third kappa shape index (κ3) is 6.76. The second-order valence-corrected chi connectivity index (χ2v) is 16.2. The third-order valence-corrected chi connectivity index (χ3v) is 9.65. The summed E-state index contributed by atoms with van der Waals surface area (Å²) in [5.41, 5.74) is 6.67. The summed E-state index contributed by atoms with van der Waals surface area (Å²) in [6.45, 7) is 27.1. The molecule has 204 valence electrons. The predicted molar refractivity (Wildman–Crippen MR) is 157 cm³/mol. The fourth-order valence-corrected chi connectivity index (χ4v) is 9.45. The quantitative estimate of drug-likeness (QED) is 0.424. The molecule has 4 rings (SSSR count). The van der Waals surface area contributed by atoms with Gasteiger partial charge in [0, 0.05) is 32.2 Å². The molecule has 2 saturated carbocycles. The van der Waals surface area contributed by atoms with Crippen LogP contribution in [0.15, 0.2) is 18.2 Å². The van der Waals surface area contributed by atoms with Gasteiger partial charge in [0.05, 0.1) is 0 Å². The van der Waals surface area contributed by atoms with E-state index in [9.17, 15) is 0 Å². The average Bonchev–Trinajstić information content (AvgIpc) is 2.73. The van der Waals surface area contributed by atoms with Gasteiger partial charge in [0.2, 0.25) is 0 Å². The lowest BCUT2D eigenvalue weighted by Crippen LogP contribution is -2.45. The largest absolute Gasteiger partial charge is 0.314 e. The van der Waals surface area contributed by atoms with Crippen molar-refractivity contribution in [3.05, 3.63) is 34.9 Å². The Morgan fingerprint density at radius 3 is 1.78 bits per heavy atom. The molecule has 1 aromatic carbocycles. The summed E-state index contributed by atoms with van der Waals surface area (Å²) in [6, 6.07) is 8.47. The van der Waals surface area contributed by atoms with E-state index < -0.39 is 0 Å². The van der Waals surface area contributed by atoms with Crippen LogP contribution in [0.2, 0.25) is 0 Å². The maximum absolute atomic E-state index is 3.59. The lowest BCUT2D eigenvalue weighted by atomic mass is 9.58. The van der Waals surface area contributed by atoms with Gasteiger partial charge in [-0.05, 0) is 95.1 Å². The van der Waals surface area contributed by atoms with Crippen LogP contribution in [0.4, 0.5) is 0 Å². The van der Waals surface area contributed by atoms with Crippen LogP contribution < -0.4 is 5.32 Å². The lowest BCUT2D eigenvalue weighted by Gasteiger charge is -2.47. The van der Waals surface area contributed by atoms with Gasteiger partial charge >= 0.3 is 0 Å². The molecule has 0 spiro atoms. The number of nitrogens with zero attached hydrogens (tertiary/aromatic N) is 1. The molecule has 2 heteroatoms. The normalized spacial score (nSPS) is 27.6. The second-order valence-electron chi connectivity index (χ2n) is 16.2. The minimum atomic E-state index is 0.407. The molecule has 0 aromatic heterocycles. The fourth-order valence-electron chi connectivity index (χ4n) is 9.45. The van der Waals surface area contributed by atoms with Crippen LogP contribution in [0, 0.1) is 21.7 Å². The molecular formula is C34H58N2. The van der Waals surface area contributed by atoms with Crippen molar-refractivity contribution in [1.29, 1.82) is 0 Å². The summed E-state index contributed by atoms with van der Waals surface area (Å²) in [7, 11) is 0. The van der Waals surface area contributed by atoms with E-state index in [1.54, 1.807) is 16.7 Å². The first kappa shape index (κ1) is 28.2. The summed E-state index contributed by atoms with van der Waals surface area (Å²) < 4.78 is 0. The van der Waals surface area contributed by atoms with E-state index >= 15 is 0 Å². The van der Waals surface area contributed by atoms with Crippen molar-refractivity contribution >= 4 is 0 Å². The molecule has 3 aliphatic rings. The zero-order valence-electron chi connectivity index (χ0n) is 25.4. The SMILES string of the molecule is CCCC(c1ccc(C2CC(C)(C)CC(C)(C)C2)cc1C1CC(C)(C)CC(C)(C)C1)N1CCNCC1. The van der Waals surface area contributed by atoms with Crippen LogP contribution in [0.3, 0.4) is 0 Å². The van der Waals surface area contributed by atoms with E-state index in [2.05, 4.69) is 90.7 Å². The van der Waals surface area contributed by atoms with Gasteiger partial charge in [-0.2, -0.15) is 0 Å². The molecule has 0 radical (unpaired) electrons. The van der Waals surface area contributed by atoms with Crippen molar-refractivity contribution in [2.75, 3.05) is 26.2 Å². The zero-order chi connectivity index (χ0) is 26.4. The minimum Gasteiger partial charge on any atom is -0.314 e. The van der Waals surface area contributed by atoms with Gasteiger partial charge in [0.25, 0.3) is 0 Å². The Labute approximate surface area is 224 Å². The Kier molecular flexibility index (Phi) is 8.11. The highest BCUT2D eigenvalue weighted by Gasteiger charge is 2.42. The molecule has 1 unspecified atom stereocenters. The molecule has 1 heterocycles. The molecule has 2 nitrogen and oxygen atoms in total. The maximum atomic E-state index is 3.59. The van der Waals surface area contributed by atoms with Gasteiger partial charge in [-0.3, -0.25) is 4.90 Å². The van der Waals surface area contributed by atoms with E-state index in [0.717, 1.165) is 13.1 Å². The summed E-state index contributed by atoms with van der Waals surface area (Å²) in [6.07, 6.45) is 10.5. The molecule has 1 aromatic rings. The maximum Gasteiger partial charge on any atom is 0.0351 e. The van der Waals surface area contributed by atoms with Crippen molar-refractivity contribution in [2.45, 2.75) is 132 Å². The fraction of sp³-hybridized carbons (Fsp3) is 0.824. The van der Waals surface area contributed by atoms with Crippen molar-refractivity contribution in [1.82, 2.24) is 10.2 Å². The number of benzene rings is 1. The number of piperazine rings is 1. The van der Waals surface area contributed by atoms with E-state index in [1.165, 1.54) is 64.5 Å². The van der Waals surface area contributed by atoms with Crippen LogP contribution in [0.5, 0.6) is 0 Å². The van der Waals surface area contributed by atoms with Crippen molar-refractivity contribution in [3.63, 3.8) is 0 Å². The smallest absolute Gasteiger partial charge is 0.0351 e.